The summed E-state index contributed by atoms with van der Waals surface area (Å²) in [5, 5.41) is 8.83. The van der Waals surface area contributed by atoms with E-state index in [2.05, 4.69) is 4.90 Å². The summed E-state index contributed by atoms with van der Waals surface area (Å²) in [7, 11) is 0. The largest absolute Gasteiger partial charge is 0.493 e. The van der Waals surface area contributed by atoms with Crippen molar-refractivity contribution < 1.29 is 32.5 Å². The van der Waals surface area contributed by atoms with E-state index in [1.54, 1.807) is 18.2 Å². The minimum absolute atomic E-state index is 0.0228. The molecule has 0 amide bonds. The smallest absolute Gasteiger partial charge is 0.416 e. The summed E-state index contributed by atoms with van der Waals surface area (Å²) in [4.78, 5) is 13.1. The van der Waals surface area contributed by atoms with Gasteiger partial charge in [-0.3, -0.25) is 9.69 Å². The summed E-state index contributed by atoms with van der Waals surface area (Å²) in [6, 6.07) is 10.4. The van der Waals surface area contributed by atoms with E-state index in [0.29, 0.717) is 30.2 Å². The second-order valence-corrected chi connectivity index (χ2v) is 7.98. The van der Waals surface area contributed by atoms with Crippen LogP contribution in [-0.4, -0.2) is 48.8 Å². The first kappa shape index (κ1) is 22.2. The van der Waals surface area contributed by atoms with E-state index < -0.39 is 17.7 Å². The van der Waals surface area contributed by atoms with Gasteiger partial charge in [-0.15, -0.1) is 0 Å². The van der Waals surface area contributed by atoms with Gasteiger partial charge in [0, 0.05) is 12.1 Å². The van der Waals surface area contributed by atoms with Crippen molar-refractivity contribution in [2.24, 2.45) is 0 Å². The van der Waals surface area contributed by atoms with Crippen molar-refractivity contribution >= 4 is 11.5 Å². The molecule has 0 saturated carbocycles. The van der Waals surface area contributed by atoms with Crippen LogP contribution in [0.15, 0.2) is 48.0 Å². The highest BCUT2D eigenvalue weighted by molar-refractivity contribution is 5.87. The third kappa shape index (κ3) is 5.07. The van der Waals surface area contributed by atoms with Crippen molar-refractivity contribution in [3.63, 3.8) is 0 Å². The number of aliphatic carboxylic acids is 1. The fourth-order valence-corrected chi connectivity index (χ4v) is 4.12. The predicted molar refractivity (Wildman–Crippen MR) is 113 cm³/mol. The molecule has 32 heavy (non-hydrogen) atoms. The van der Waals surface area contributed by atoms with Crippen molar-refractivity contribution in [1.29, 1.82) is 0 Å². The third-order valence-electron chi connectivity index (χ3n) is 5.67. The van der Waals surface area contributed by atoms with Gasteiger partial charge in [-0.1, -0.05) is 12.1 Å². The van der Waals surface area contributed by atoms with Crippen LogP contribution in [0, 0.1) is 0 Å². The van der Waals surface area contributed by atoms with Crippen LogP contribution >= 0.6 is 0 Å². The van der Waals surface area contributed by atoms with Crippen molar-refractivity contribution in [2.75, 3.05) is 32.8 Å². The second kappa shape index (κ2) is 9.24. The van der Waals surface area contributed by atoms with Gasteiger partial charge in [0.15, 0.2) is 0 Å². The van der Waals surface area contributed by atoms with E-state index in [9.17, 15) is 18.0 Å². The van der Waals surface area contributed by atoms with Crippen molar-refractivity contribution in [3.8, 4) is 11.5 Å². The van der Waals surface area contributed by atoms with E-state index in [1.807, 2.05) is 0 Å². The molecule has 0 bridgehead atoms. The summed E-state index contributed by atoms with van der Waals surface area (Å²) >= 11 is 0. The fraction of sp³-hybridized carbons (Fsp3) is 0.375. The molecule has 2 aliphatic heterocycles. The van der Waals surface area contributed by atoms with E-state index in [-0.39, 0.29) is 13.0 Å². The van der Waals surface area contributed by atoms with E-state index in [0.717, 1.165) is 54.8 Å². The Hall–Kier alpha value is -3.00. The lowest BCUT2D eigenvalue weighted by Gasteiger charge is -2.28. The van der Waals surface area contributed by atoms with Gasteiger partial charge in [0.25, 0.3) is 0 Å². The minimum atomic E-state index is -4.40. The highest BCUT2D eigenvalue weighted by Gasteiger charge is 2.31. The normalized spacial score (nSPS) is 16.6. The number of likely N-dealkylation sites (tertiary alicyclic amines) is 1. The Balaban J connectivity index is 1.72. The lowest BCUT2D eigenvalue weighted by atomic mass is 9.90. The van der Waals surface area contributed by atoms with E-state index >= 15 is 0 Å². The highest BCUT2D eigenvalue weighted by Crippen LogP contribution is 2.40. The van der Waals surface area contributed by atoms with Gasteiger partial charge in [-0.2, -0.15) is 13.2 Å². The van der Waals surface area contributed by atoms with Crippen LogP contribution in [0.2, 0.25) is 0 Å². The predicted octanol–water partition coefficient (Wildman–Crippen LogP) is 4.85. The zero-order valence-electron chi connectivity index (χ0n) is 17.5. The molecular formula is C24H24F3NO4. The first-order chi connectivity index (χ1) is 15.3. The number of benzene rings is 2. The molecule has 2 heterocycles. The number of carbonyl (C=O) groups is 1. The minimum Gasteiger partial charge on any atom is -0.493 e. The number of alkyl halides is 3. The summed E-state index contributed by atoms with van der Waals surface area (Å²) in [5.41, 5.74) is 2.57. The summed E-state index contributed by atoms with van der Waals surface area (Å²) in [5.74, 6) is 0.153. The number of fused-ring (bicyclic) bond motifs is 1. The molecule has 0 spiro atoms. The van der Waals surface area contributed by atoms with Gasteiger partial charge >= 0.3 is 12.1 Å². The number of hydrogen-bond donors (Lipinski definition) is 1. The molecule has 0 unspecified atom stereocenters. The Morgan fingerprint density at radius 3 is 2.47 bits per heavy atom. The van der Waals surface area contributed by atoms with Gasteiger partial charge in [-0.05, 0) is 73.0 Å². The molecule has 2 aromatic rings. The number of rotatable bonds is 7. The molecule has 1 fully saturated rings. The number of carboxylic acid groups (broad SMARTS) is 1. The van der Waals surface area contributed by atoms with E-state index in [1.165, 1.54) is 12.1 Å². The van der Waals surface area contributed by atoms with Gasteiger partial charge in [-0.25, -0.2) is 0 Å². The molecule has 8 heteroatoms. The second-order valence-electron chi connectivity index (χ2n) is 7.98. The molecule has 0 radical (unpaired) electrons. The zero-order chi connectivity index (χ0) is 22.7. The summed E-state index contributed by atoms with van der Waals surface area (Å²) in [6.07, 6.45) is -2.27. The molecule has 170 valence electrons. The number of hydrogen-bond acceptors (Lipinski definition) is 4. The van der Waals surface area contributed by atoms with Crippen LogP contribution in [0.1, 0.15) is 36.0 Å². The van der Waals surface area contributed by atoms with Crippen molar-refractivity contribution in [3.05, 3.63) is 64.7 Å². The molecule has 4 rings (SSSR count). The lowest BCUT2D eigenvalue weighted by Crippen LogP contribution is -2.26. The van der Waals surface area contributed by atoms with Crippen molar-refractivity contribution in [1.82, 2.24) is 4.90 Å². The number of nitrogens with zero attached hydrogens (tertiary/aromatic N) is 1. The number of halogens is 3. The van der Waals surface area contributed by atoms with Gasteiger partial charge in [0.05, 0.1) is 18.6 Å². The molecule has 1 N–H and O–H groups in total. The molecule has 0 aromatic heterocycles. The fourth-order valence-electron chi connectivity index (χ4n) is 4.12. The Kier molecular flexibility index (Phi) is 6.41. The maximum absolute atomic E-state index is 13.1. The maximum Gasteiger partial charge on any atom is 0.416 e. The molecule has 0 atom stereocenters. The third-order valence-corrected chi connectivity index (χ3v) is 5.67. The van der Waals surface area contributed by atoms with Crippen LogP contribution in [0.4, 0.5) is 13.2 Å². The van der Waals surface area contributed by atoms with Crippen LogP contribution < -0.4 is 9.47 Å². The monoisotopic (exact) mass is 447 g/mol. The van der Waals surface area contributed by atoms with Crippen LogP contribution in [-0.2, 0) is 11.0 Å². The molecule has 2 aliphatic rings. The first-order valence-corrected chi connectivity index (χ1v) is 10.5. The number of ether oxygens (including phenoxy) is 2. The average molecular weight is 447 g/mol. The molecule has 5 nitrogen and oxygen atoms in total. The Labute approximate surface area is 184 Å². The molecule has 0 aliphatic carbocycles. The first-order valence-electron chi connectivity index (χ1n) is 10.5. The van der Waals surface area contributed by atoms with Gasteiger partial charge in [0.1, 0.15) is 18.1 Å². The Morgan fingerprint density at radius 1 is 1.09 bits per heavy atom. The maximum atomic E-state index is 13.1. The SMILES string of the molecule is O=C(O)CCOc1ccc2c(c1)C(c1ccc(C(F)(F)F)cc1)=C(CN1CCCC1)CO2. The topological polar surface area (TPSA) is 59.0 Å². The Bertz CT molecular complexity index is 1010. The molecule has 1 saturated heterocycles. The van der Waals surface area contributed by atoms with Crippen LogP contribution in [0.3, 0.4) is 0 Å². The number of carboxylic acids is 1. The summed E-state index contributed by atoms with van der Waals surface area (Å²) < 4.78 is 50.8. The van der Waals surface area contributed by atoms with Crippen LogP contribution in [0.25, 0.3) is 5.57 Å². The van der Waals surface area contributed by atoms with Gasteiger partial charge in [0.2, 0.25) is 0 Å². The standard InChI is InChI=1S/C24H24F3NO4/c25-24(26,27)18-5-3-16(4-6-18)23-17(14-28-10-1-2-11-28)15-32-21-8-7-19(13-20(21)23)31-12-9-22(29)30/h3-8,13H,1-2,9-12,14-15H2,(H,29,30). The highest BCUT2D eigenvalue weighted by atomic mass is 19.4. The molecule has 2 aromatic carbocycles. The average Bonchev–Trinajstić information content (AvgIpc) is 3.26. The zero-order valence-corrected chi connectivity index (χ0v) is 17.5. The quantitative estimate of drug-likeness (QED) is 0.658. The Morgan fingerprint density at radius 2 is 1.81 bits per heavy atom. The van der Waals surface area contributed by atoms with Crippen molar-refractivity contribution in [2.45, 2.75) is 25.4 Å². The summed E-state index contributed by atoms with van der Waals surface area (Å²) in [6.45, 7) is 3.03. The lowest BCUT2D eigenvalue weighted by molar-refractivity contribution is -0.138. The van der Waals surface area contributed by atoms with Crippen LogP contribution in [0.5, 0.6) is 11.5 Å². The van der Waals surface area contributed by atoms with E-state index in [4.69, 9.17) is 14.6 Å². The van der Waals surface area contributed by atoms with Gasteiger partial charge < -0.3 is 14.6 Å². The molecular weight excluding hydrogens is 423 g/mol.